The number of hydrogen-bond acceptors (Lipinski definition) is 3. The molecule has 0 aromatic carbocycles. The van der Waals surface area contributed by atoms with Gasteiger partial charge in [0.25, 0.3) is 0 Å². The van der Waals surface area contributed by atoms with Crippen LogP contribution in [0.15, 0.2) is 23.8 Å². The summed E-state index contributed by atoms with van der Waals surface area (Å²) in [6.07, 6.45) is 9.94. The van der Waals surface area contributed by atoms with Crippen LogP contribution in [0.1, 0.15) is 93.4 Å². The van der Waals surface area contributed by atoms with E-state index in [9.17, 15) is 14.9 Å². The van der Waals surface area contributed by atoms with Gasteiger partial charge in [0.1, 0.15) is 11.9 Å². The molecule has 3 heteroatoms. The van der Waals surface area contributed by atoms with Crippen LogP contribution in [0.25, 0.3) is 0 Å². The Labute approximate surface area is 212 Å². The second-order valence-electron chi connectivity index (χ2n) is 14.7. The topological polar surface area (TPSA) is 57.9 Å². The standard InChI is InChI=1S/C32H45NO2/c1-9-32-14-11-10-12-22(32)24-19(13-15-32)20-16-29(3,4)27-25(23(20)21(17-33)26(24)34)30(5,6)18(2)28(35)31(27,7)8/h9,18-20,22,24-25,27H,1,10-16H2,2-8H3. The third-order valence-electron chi connectivity index (χ3n) is 12.2. The van der Waals surface area contributed by atoms with Gasteiger partial charge < -0.3 is 0 Å². The summed E-state index contributed by atoms with van der Waals surface area (Å²) in [5.74, 6) is 1.42. The lowest BCUT2D eigenvalue weighted by atomic mass is 9.36. The van der Waals surface area contributed by atoms with Crippen molar-refractivity contribution in [2.24, 2.45) is 63.1 Å². The van der Waals surface area contributed by atoms with E-state index >= 15 is 0 Å². The Balaban J connectivity index is 1.73. The van der Waals surface area contributed by atoms with Gasteiger partial charge in [-0.1, -0.05) is 67.4 Å². The molecule has 5 rings (SSSR count). The molecule has 0 spiro atoms. The van der Waals surface area contributed by atoms with Crippen molar-refractivity contribution < 1.29 is 9.59 Å². The van der Waals surface area contributed by atoms with E-state index in [0.717, 1.165) is 37.7 Å². The first-order valence-corrected chi connectivity index (χ1v) is 14.1. The second-order valence-corrected chi connectivity index (χ2v) is 14.7. The highest BCUT2D eigenvalue weighted by Crippen LogP contribution is 2.70. The van der Waals surface area contributed by atoms with Gasteiger partial charge in [0.2, 0.25) is 0 Å². The largest absolute Gasteiger partial charge is 0.299 e. The van der Waals surface area contributed by atoms with Gasteiger partial charge in [0.15, 0.2) is 5.78 Å². The number of fused-ring (bicyclic) bond motifs is 7. The predicted molar refractivity (Wildman–Crippen MR) is 139 cm³/mol. The Morgan fingerprint density at radius 1 is 1.03 bits per heavy atom. The van der Waals surface area contributed by atoms with Gasteiger partial charge in [-0.15, -0.1) is 6.58 Å². The average molecular weight is 476 g/mol. The van der Waals surface area contributed by atoms with Gasteiger partial charge in [-0.2, -0.15) is 5.26 Å². The first-order chi connectivity index (χ1) is 16.3. The molecule has 5 aliphatic rings. The van der Waals surface area contributed by atoms with Gasteiger partial charge >= 0.3 is 0 Å². The molecule has 0 radical (unpaired) electrons. The Kier molecular flexibility index (Phi) is 5.47. The average Bonchev–Trinajstić information content (AvgIpc) is 2.81. The fraction of sp³-hybridized carbons (Fsp3) is 0.781. The van der Waals surface area contributed by atoms with Crippen molar-refractivity contribution in [2.75, 3.05) is 0 Å². The molecule has 0 bridgehead atoms. The van der Waals surface area contributed by atoms with E-state index in [2.05, 4.69) is 67.2 Å². The maximum Gasteiger partial charge on any atom is 0.177 e. The molecule has 4 fully saturated rings. The maximum atomic E-state index is 14.3. The number of rotatable bonds is 1. The van der Waals surface area contributed by atoms with Crippen molar-refractivity contribution in [3.63, 3.8) is 0 Å². The van der Waals surface area contributed by atoms with Gasteiger partial charge in [0.05, 0.1) is 5.57 Å². The zero-order chi connectivity index (χ0) is 25.7. The summed E-state index contributed by atoms with van der Waals surface area (Å²) in [7, 11) is 0. The van der Waals surface area contributed by atoms with E-state index in [-0.39, 0.29) is 51.6 Å². The number of carbonyl (C=O) groups is 2. The van der Waals surface area contributed by atoms with Crippen molar-refractivity contribution >= 4 is 11.6 Å². The Hall–Kier alpha value is -1.69. The Morgan fingerprint density at radius 3 is 2.34 bits per heavy atom. The number of hydrogen-bond donors (Lipinski definition) is 0. The molecule has 3 nitrogen and oxygen atoms in total. The van der Waals surface area contributed by atoms with Crippen LogP contribution in [0.2, 0.25) is 0 Å². The minimum Gasteiger partial charge on any atom is -0.299 e. The quantitative estimate of drug-likeness (QED) is 0.373. The Bertz CT molecular complexity index is 1050. The van der Waals surface area contributed by atoms with Crippen molar-refractivity contribution in [3.05, 3.63) is 23.8 Å². The first kappa shape index (κ1) is 25.0. The zero-order valence-corrected chi connectivity index (χ0v) is 23.0. The van der Waals surface area contributed by atoms with Crippen LogP contribution in [-0.4, -0.2) is 11.6 Å². The van der Waals surface area contributed by atoms with Gasteiger partial charge in [0, 0.05) is 17.3 Å². The molecule has 8 unspecified atom stereocenters. The van der Waals surface area contributed by atoms with E-state index in [1.807, 2.05) is 0 Å². The van der Waals surface area contributed by atoms with Crippen LogP contribution in [0, 0.1) is 74.4 Å². The summed E-state index contributed by atoms with van der Waals surface area (Å²) in [6, 6.07) is 2.48. The maximum absolute atomic E-state index is 14.3. The molecule has 0 aliphatic heterocycles. The third kappa shape index (κ3) is 3.07. The van der Waals surface area contributed by atoms with Crippen LogP contribution in [0.5, 0.6) is 0 Å². The van der Waals surface area contributed by atoms with Crippen molar-refractivity contribution in [1.82, 2.24) is 0 Å². The molecular formula is C32H45NO2. The van der Waals surface area contributed by atoms with Crippen LogP contribution in [0.3, 0.4) is 0 Å². The SMILES string of the molecule is C=CC12CCCCC1C1C(=O)C(C#N)=C3C(CC(C)(C)C4C3C(C)(C)C(C)C(=O)C4(C)C)C1CC2. The summed E-state index contributed by atoms with van der Waals surface area (Å²) in [6.45, 7) is 19.8. The highest BCUT2D eigenvalue weighted by molar-refractivity contribution is 6.03. The highest BCUT2D eigenvalue weighted by Gasteiger charge is 2.67. The van der Waals surface area contributed by atoms with Crippen molar-refractivity contribution in [1.29, 1.82) is 5.26 Å². The van der Waals surface area contributed by atoms with Gasteiger partial charge in [-0.3, -0.25) is 9.59 Å². The number of carbonyl (C=O) groups excluding carboxylic acids is 2. The van der Waals surface area contributed by atoms with Gasteiger partial charge in [-0.05, 0) is 83.5 Å². The van der Waals surface area contributed by atoms with E-state index in [1.165, 1.54) is 12.8 Å². The first-order valence-electron chi connectivity index (χ1n) is 14.1. The van der Waals surface area contributed by atoms with E-state index in [1.54, 1.807) is 0 Å². The van der Waals surface area contributed by atoms with Crippen LogP contribution in [-0.2, 0) is 9.59 Å². The summed E-state index contributed by atoms with van der Waals surface area (Å²) in [5, 5.41) is 10.5. The van der Waals surface area contributed by atoms with Crippen molar-refractivity contribution in [2.45, 2.75) is 93.4 Å². The summed E-state index contributed by atoms with van der Waals surface area (Å²) in [5.41, 5.74) is 0.866. The molecule has 0 aromatic heterocycles. The monoisotopic (exact) mass is 475 g/mol. The van der Waals surface area contributed by atoms with E-state index in [0.29, 0.717) is 23.2 Å². The number of nitrogens with zero attached hydrogens (tertiary/aromatic N) is 1. The highest BCUT2D eigenvalue weighted by atomic mass is 16.1. The van der Waals surface area contributed by atoms with Gasteiger partial charge in [-0.25, -0.2) is 0 Å². The predicted octanol–water partition coefficient (Wildman–Crippen LogP) is 7.33. The molecule has 0 N–H and O–H groups in total. The molecule has 0 aromatic rings. The fourth-order valence-electron chi connectivity index (χ4n) is 10.6. The normalized spacial score (nSPS) is 45.4. The van der Waals surface area contributed by atoms with Crippen LogP contribution < -0.4 is 0 Å². The zero-order valence-electron chi connectivity index (χ0n) is 23.0. The second kappa shape index (κ2) is 7.66. The van der Waals surface area contributed by atoms with E-state index in [4.69, 9.17) is 0 Å². The third-order valence-corrected chi connectivity index (χ3v) is 12.2. The van der Waals surface area contributed by atoms with Crippen LogP contribution in [0.4, 0.5) is 0 Å². The summed E-state index contributed by atoms with van der Waals surface area (Å²) >= 11 is 0. The lowest BCUT2D eigenvalue weighted by Crippen LogP contribution is -2.64. The minimum absolute atomic E-state index is 0.0412. The number of ketones is 2. The minimum atomic E-state index is -0.477. The number of Topliss-reactive ketones (excluding diaryl/α,β-unsaturated/α-hetero) is 2. The molecule has 0 heterocycles. The molecule has 190 valence electrons. The summed E-state index contributed by atoms with van der Waals surface area (Å²) in [4.78, 5) is 28.0. The number of nitriles is 1. The fourth-order valence-corrected chi connectivity index (χ4v) is 10.6. The van der Waals surface area contributed by atoms with Crippen LogP contribution >= 0.6 is 0 Å². The molecule has 4 saturated carbocycles. The molecule has 0 amide bonds. The molecule has 8 atom stereocenters. The van der Waals surface area contributed by atoms with E-state index < -0.39 is 5.41 Å². The number of allylic oxidation sites excluding steroid dienone is 3. The van der Waals surface area contributed by atoms with Crippen molar-refractivity contribution in [3.8, 4) is 6.07 Å². The lowest BCUT2D eigenvalue weighted by molar-refractivity contribution is -0.169. The lowest BCUT2D eigenvalue weighted by Gasteiger charge is -2.66. The molecule has 5 aliphatic carbocycles. The molecular weight excluding hydrogens is 430 g/mol. The molecule has 0 saturated heterocycles. The Morgan fingerprint density at radius 2 is 1.71 bits per heavy atom. The smallest absolute Gasteiger partial charge is 0.177 e. The summed E-state index contributed by atoms with van der Waals surface area (Å²) < 4.78 is 0. The molecule has 35 heavy (non-hydrogen) atoms.